The average molecular weight is 346 g/mol. The highest BCUT2D eigenvalue weighted by atomic mass is 35.5. The summed E-state index contributed by atoms with van der Waals surface area (Å²) in [5.74, 6) is 1.54. The molecule has 0 saturated carbocycles. The Morgan fingerprint density at radius 2 is 2.17 bits per heavy atom. The van der Waals surface area contributed by atoms with E-state index >= 15 is 0 Å². The standard InChI is InChI=1S/C17H20ClN5O/c1-22(2)17(24)12-5-6-15(20-10-12)21-13-7-9-23(11-13)16-14(18)4-3-8-19-16/h3-6,8,10,13H,7,9,11H2,1-2H3,(H,20,21). The third-order valence-electron chi connectivity index (χ3n) is 4.00. The molecular weight excluding hydrogens is 326 g/mol. The van der Waals surface area contributed by atoms with E-state index in [9.17, 15) is 4.79 Å². The molecule has 3 rings (SSSR count). The van der Waals surface area contributed by atoms with Crippen molar-refractivity contribution >= 4 is 29.1 Å². The molecular formula is C17H20ClN5O. The number of amides is 1. The smallest absolute Gasteiger partial charge is 0.254 e. The molecule has 0 radical (unpaired) electrons. The van der Waals surface area contributed by atoms with Crippen molar-refractivity contribution in [3.05, 3.63) is 47.2 Å². The van der Waals surface area contributed by atoms with Gasteiger partial charge in [0.05, 0.1) is 10.6 Å². The minimum atomic E-state index is -0.0501. The zero-order valence-electron chi connectivity index (χ0n) is 13.7. The van der Waals surface area contributed by atoms with E-state index in [1.807, 2.05) is 18.2 Å². The highest BCUT2D eigenvalue weighted by molar-refractivity contribution is 6.32. The molecule has 1 aliphatic rings. The molecule has 7 heteroatoms. The molecule has 1 fully saturated rings. The molecule has 1 N–H and O–H groups in total. The Labute approximate surface area is 146 Å². The minimum Gasteiger partial charge on any atom is -0.365 e. The second-order valence-electron chi connectivity index (χ2n) is 6.02. The van der Waals surface area contributed by atoms with Gasteiger partial charge in [-0.1, -0.05) is 11.6 Å². The molecule has 1 atom stereocenters. The van der Waals surface area contributed by atoms with Crippen LogP contribution in [0.3, 0.4) is 0 Å². The van der Waals surface area contributed by atoms with Gasteiger partial charge in [-0.3, -0.25) is 4.79 Å². The third kappa shape index (κ3) is 3.59. The quantitative estimate of drug-likeness (QED) is 0.922. The van der Waals surface area contributed by atoms with Crippen LogP contribution in [-0.4, -0.2) is 54.0 Å². The van der Waals surface area contributed by atoms with Gasteiger partial charge in [-0.05, 0) is 30.7 Å². The molecule has 1 amide bonds. The first-order chi connectivity index (χ1) is 11.5. The summed E-state index contributed by atoms with van der Waals surface area (Å²) in [6.07, 6.45) is 4.34. The number of hydrogen-bond donors (Lipinski definition) is 1. The molecule has 0 spiro atoms. The highest BCUT2D eigenvalue weighted by Gasteiger charge is 2.25. The molecule has 24 heavy (non-hydrogen) atoms. The van der Waals surface area contributed by atoms with Crippen LogP contribution in [0.1, 0.15) is 16.8 Å². The van der Waals surface area contributed by atoms with Crippen LogP contribution in [0, 0.1) is 0 Å². The van der Waals surface area contributed by atoms with Crippen LogP contribution in [0.4, 0.5) is 11.6 Å². The maximum Gasteiger partial charge on any atom is 0.254 e. The van der Waals surface area contributed by atoms with E-state index in [0.29, 0.717) is 10.6 Å². The van der Waals surface area contributed by atoms with Crippen LogP contribution in [0.5, 0.6) is 0 Å². The summed E-state index contributed by atoms with van der Waals surface area (Å²) in [6.45, 7) is 1.71. The fraction of sp³-hybridized carbons (Fsp3) is 0.353. The number of hydrogen-bond acceptors (Lipinski definition) is 5. The van der Waals surface area contributed by atoms with Crippen LogP contribution in [-0.2, 0) is 0 Å². The lowest BCUT2D eigenvalue weighted by Gasteiger charge is -2.19. The predicted octanol–water partition coefficient (Wildman–Crippen LogP) is 2.52. The van der Waals surface area contributed by atoms with E-state index in [2.05, 4.69) is 20.2 Å². The molecule has 0 bridgehead atoms. The number of carbonyl (C=O) groups excluding carboxylic acids is 1. The Morgan fingerprint density at radius 1 is 1.33 bits per heavy atom. The van der Waals surface area contributed by atoms with E-state index in [1.165, 1.54) is 4.90 Å². The fourth-order valence-corrected chi connectivity index (χ4v) is 2.99. The molecule has 0 aliphatic carbocycles. The number of nitrogens with zero attached hydrogens (tertiary/aromatic N) is 4. The summed E-state index contributed by atoms with van der Waals surface area (Å²) < 4.78 is 0. The number of aromatic nitrogens is 2. The van der Waals surface area contributed by atoms with Crippen molar-refractivity contribution in [1.82, 2.24) is 14.9 Å². The highest BCUT2D eigenvalue weighted by Crippen LogP contribution is 2.26. The summed E-state index contributed by atoms with van der Waals surface area (Å²) in [7, 11) is 3.45. The van der Waals surface area contributed by atoms with E-state index in [0.717, 1.165) is 31.1 Å². The largest absolute Gasteiger partial charge is 0.365 e. The Morgan fingerprint density at radius 3 is 2.83 bits per heavy atom. The molecule has 2 aromatic rings. The Balaban J connectivity index is 1.62. The predicted molar refractivity (Wildman–Crippen MR) is 95.7 cm³/mol. The summed E-state index contributed by atoms with van der Waals surface area (Å²) in [5, 5.41) is 4.08. The number of nitrogens with one attached hydrogen (secondary N) is 1. The van der Waals surface area contributed by atoms with Gasteiger partial charge in [0.15, 0.2) is 0 Å². The molecule has 1 aliphatic heterocycles. The van der Waals surface area contributed by atoms with Gasteiger partial charge in [-0.2, -0.15) is 0 Å². The monoisotopic (exact) mass is 345 g/mol. The maximum absolute atomic E-state index is 11.9. The van der Waals surface area contributed by atoms with Gasteiger partial charge >= 0.3 is 0 Å². The molecule has 1 saturated heterocycles. The molecule has 3 heterocycles. The van der Waals surface area contributed by atoms with Crippen molar-refractivity contribution in [2.75, 3.05) is 37.4 Å². The molecule has 6 nitrogen and oxygen atoms in total. The Bertz CT molecular complexity index is 719. The van der Waals surface area contributed by atoms with E-state index in [4.69, 9.17) is 11.6 Å². The summed E-state index contributed by atoms with van der Waals surface area (Å²) >= 11 is 6.21. The number of halogens is 1. The SMILES string of the molecule is CN(C)C(=O)c1ccc(NC2CCN(c3ncccc3Cl)C2)nc1. The molecule has 126 valence electrons. The van der Waals surface area contributed by atoms with E-state index in [-0.39, 0.29) is 11.9 Å². The van der Waals surface area contributed by atoms with Crippen molar-refractivity contribution in [3.63, 3.8) is 0 Å². The lowest BCUT2D eigenvalue weighted by atomic mass is 10.2. The first-order valence-corrected chi connectivity index (χ1v) is 8.22. The van der Waals surface area contributed by atoms with E-state index < -0.39 is 0 Å². The molecule has 1 unspecified atom stereocenters. The first-order valence-electron chi connectivity index (χ1n) is 7.84. The maximum atomic E-state index is 11.9. The lowest BCUT2D eigenvalue weighted by molar-refractivity contribution is 0.0827. The zero-order valence-corrected chi connectivity index (χ0v) is 14.5. The normalized spacial score (nSPS) is 17.0. The van der Waals surface area contributed by atoms with Gasteiger partial charge < -0.3 is 15.1 Å². The fourth-order valence-electron chi connectivity index (χ4n) is 2.75. The molecule has 2 aromatic heterocycles. The molecule has 0 aromatic carbocycles. The number of rotatable bonds is 4. The first kappa shape index (κ1) is 16.5. The second-order valence-corrected chi connectivity index (χ2v) is 6.42. The van der Waals surface area contributed by atoms with Crippen LogP contribution < -0.4 is 10.2 Å². The zero-order chi connectivity index (χ0) is 17.1. The Hall–Kier alpha value is -2.34. The van der Waals surface area contributed by atoms with Gasteiger partial charge in [-0.25, -0.2) is 9.97 Å². The van der Waals surface area contributed by atoms with Crippen molar-refractivity contribution in [1.29, 1.82) is 0 Å². The van der Waals surface area contributed by atoms with Gasteiger partial charge in [-0.15, -0.1) is 0 Å². The topological polar surface area (TPSA) is 61.4 Å². The lowest BCUT2D eigenvalue weighted by Crippen LogP contribution is -2.27. The van der Waals surface area contributed by atoms with Crippen molar-refractivity contribution in [2.24, 2.45) is 0 Å². The van der Waals surface area contributed by atoms with Gasteiger partial charge in [0, 0.05) is 45.6 Å². The van der Waals surface area contributed by atoms with Crippen molar-refractivity contribution in [2.45, 2.75) is 12.5 Å². The van der Waals surface area contributed by atoms with Gasteiger partial charge in [0.25, 0.3) is 5.91 Å². The number of pyridine rings is 2. The average Bonchev–Trinajstić information content (AvgIpc) is 3.03. The minimum absolute atomic E-state index is 0.0501. The summed E-state index contributed by atoms with van der Waals surface area (Å²) in [5.41, 5.74) is 0.582. The summed E-state index contributed by atoms with van der Waals surface area (Å²) in [4.78, 5) is 24.3. The number of carbonyl (C=O) groups is 1. The number of anilines is 2. The van der Waals surface area contributed by atoms with Gasteiger partial charge in [0.2, 0.25) is 0 Å². The van der Waals surface area contributed by atoms with E-state index in [1.54, 1.807) is 32.6 Å². The van der Waals surface area contributed by atoms with Crippen LogP contribution in [0.2, 0.25) is 5.02 Å². The van der Waals surface area contributed by atoms with Crippen molar-refractivity contribution < 1.29 is 4.79 Å². The van der Waals surface area contributed by atoms with Crippen LogP contribution >= 0.6 is 11.6 Å². The summed E-state index contributed by atoms with van der Waals surface area (Å²) in [6, 6.07) is 7.59. The second kappa shape index (κ2) is 7.05. The van der Waals surface area contributed by atoms with Crippen molar-refractivity contribution in [3.8, 4) is 0 Å². The third-order valence-corrected chi connectivity index (χ3v) is 4.29. The Kier molecular flexibility index (Phi) is 4.85. The van der Waals surface area contributed by atoms with Gasteiger partial charge in [0.1, 0.15) is 11.6 Å². The van der Waals surface area contributed by atoms with Crippen LogP contribution in [0.25, 0.3) is 0 Å². The van der Waals surface area contributed by atoms with Crippen LogP contribution in [0.15, 0.2) is 36.7 Å².